The molecule has 0 saturated heterocycles. The second-order valence-corrected chi connectivity index (χ2v) is 8.80. The molecule has 0 aliphatic heterocycles. The van der Waals surface area contributed by atoms with Crippen molar-refractivity contribution in [1.29, 1.82) is 0 Å². The third-order valence-corrected chi connectivity index (χ3v) is 6.18. The van der Waals surface area contributed by atoms with Crippen LogP contribution < -0.4 is 16.0 Å². The first-order valence-corrected chi connectivity index (χ1v) is 12.1. The Morgan fingerprint density at radius 2 is 1.89 bits per heavy atom. The van der Waals surface area contributed by atoms with E-state index in [4.69, 9.17) is 9.15 Å². The Kier molecular flexibility index (Phi) is 6.73. The van der Waals surface area contributed by atoms with Crippen molar-refractivity contribution in [3.05, 3.63) is 93.8 Å². The highest BCUT2D eigenvalue weighted by molar-refractivity contribution is 5.83. The molecule has 0 aliphatic carbocycles. The summed E-state index contributed by atoms with van der Waals surface area (Å²) in [6.07, 6.45) is 3.67. The van der Waals surface area contributed by atoms with Crippen LogP contribution in [-0.2, 0) is 19.6 Å². The number of benzene rings is 2. The molecule has 1 N–H and O–H groups in total. The number of aliphatic hydroxyl groups excluding tert-OH is 1. The fourth-order valence-corrected chi connectivity index (χ4v) is 4.32. The fourth-order valence-electron chi connectivity index (χ4n) is 4.32. The molecule has 3 aromatic heterocycles. The van der Waals surface area contributed by atoms with Gasteiger partial charge in [0.15, 0.2) is 11.2 Å². The Bertz CT molecular complexity index is 1600. The van der Waals surface area contributed by atoms with Gasteiger partial charge in [-0.15, -0.1) is 0 Å². The zero-order valence-electron chi connectivity index (χ0n) is 20.0. The van der Waals surface area contributed by atoms with Crippen molar-refractivity contribution in [3.63, 3.8) is 0 Å². The molecule has 0 saturated carbocycles. The lowest BCUT2D eigenvalue weighted by Crippen LogP contribution is -2.44. The number of unbranched alkanes of at least 4 members (excludes halogenated alkanes) is 1. The van der Waals surface area contributed by atoms with E-state index >= 15 is 0 Å². The van der Waals surface area contributed by atoms with E-state index in [2.05, 4.69) is 4.98 Å². The molecule has 0 radical (unpaired) electrons. The van der Waals surface area contributed by atoms with E-state index < -0.39 is 17.4 Å². The first-order chi connectivity index (χ1) is 17.5. The van der Waals surface area contributed by atoms with Crippen LogP contribution in [0.4, 0.5) is 0 Å². The van der Waals surface area contributed by atoms with Crippen LogP contribution in [-0.4, -0.2) is 36.5 Å². The quantitative estimate of drug-likeness (QED) is 0.323. The van der Waals surface area contributed by atoms with Crippen LogP contribution in [0.15, 0.2) is 81.2 Å². The molecule has 3 heterocycles. The maximum absolute atomic E-state index is 13.4. The van der Waals surface area contributed by atoms with E-state index in [1.54, 1.807) is 23.2 Å². The molecular formula is C27H28N4O5. The summed E-state index contributed by atoms with van der Waals surface area (Å²) in [5.74, 6) is 1.27. The summed E-state index contributed by atoms with van der Waals surface area (Å²) in [5, 5.41) is 12.8. The summed E-state index contributed by atoms with van der Waals surface area (Å²) in [6.45, 7) is 2.50. The van der Waals surface area contributed by atoms with E-state index in [1.807, 2.05) is 55.5 Å². The van der Waals surface area contributed by atoms with Gasteiger partial charge in [-0.25, -0.2) is 9.78 Å². The molecule has 0 aliphatic rings. The van der Waals surface area contributed by atoms with Crippen molar-refractivity contribution in [2.24, 2.45) is 0 Å². The minimum absolute atomic E-state index is 0.0666. The van der Waals surface area contributed by atoms with E-state index in [0.29, 0.717) is 35.8 Å². The van der Waals surface area contributed by atoms with Crippen LogP contribution in [0.5, 0.6) is 5.75 Å². The van der Waals surface area contributed by atoms with Crippen molar-refractivity contribution in [1.82, 2.24) is 18.7 Å². The Morgan fingerprint density at radius 3 is 2.67 bits per heavy atom. The molecule has 5 aromatic rings. The molecule has 186 valence electrons. The molecule has 5 rings (SSSR count). The van der Waals surface area contributed by atoms with Gasteiger partial charge in [-0.1, -0.05) is 43.7 Å². The number of aryl methyl sites for hydroxylation is 1. The lowest BCUT2D eigenvalue weighted by molar-refractivity contribution is 0.0902. The Balaban J connectivity index is 1.43. The minimum Gasteiger partial charge on any atom is -0.491 e. The van der Waals surface area contributed by atoms with Crippen molar-refractivity contribution in [3.8, 4) is 5.75 Å². The van der Waals surface area contributed by atoms with Crippen LogP contribution in [0.1, 0.15) is 25.5 Å². The zero-order valence-corrected chi connectivity index (χ0v) is 20.0. The number of nitrogens with zero attached hydrogens (tertiary/aromatic N) is 4. The van der Waals surface area contributed by atoms with Crippen molar-refractivity contribution in [2.75, 3.05) is 6.61 Å². The second-order valence-electron chi connectivity index (χ2n) is 8.80. The third kappa shape index (κ3) is 4.70. The van der Waals surface area contributed by atoms with Crippen molar-refractivity contribution < 1.29 is 14.3 Å². The summed E-state index contributed by atoms with van der Waals surface area (Å²) in [7, 11) is 0. The fraction of sp³-hybridized carbons (Fsp3) is 0.296. The number of aromatic nitrogens is 4. The van der Waals surface area contributed by atoms with Gasteiger partial charge in [-0.2, -0.15) is 0 Å². The van der Waals surface area contributed by atoms with E-state index in [-0.39, 0.29) is 13.2 Å². The summed E-state index contributed by atoms with van der Waals surface area (Å²) < 4.78 is 15.5. The van der Waals surface area contributed by atoms with Crippen LogP contribution >= 0.6 is 0 Å². The molecule has 1 atom stereocenters. The number of furan rings is 1. The zero-order chi connectivity index (χ0) is 25.1. The Morgan fingerprint density at radius 1 is 1.06 bits per heavy atom. The van der Waals surface area contributed by atoms with Gasteiger partial charge < -0.3 is 18.8 Å². The maximum Gasteiger partial charge on any atom is 0.332 e. The highest BCUT2D eigenvalue weighted by Crippen LogP contribution is 2.20. The van der Waals surface area contributed by atoms with E-state index in [0.717, 1.165) is 28.2 Å². The number of fused-ring (bicyclic) bond motifs is 2. The predicted octanol–water partition coefficient (Wildman–Crippen LogP) is 3.39. The molecule has 0 bridgehead atoms. The first-order valence-electron chi connectivity index (χ1n) is 12.1. The van der Waals surface area contributed by atoms with Crippen LogP contribution in [0.2, 0.25) is 0 Å². The molecule has 0 fully saturated rings. The van der Waals surface area contributed by atoms with Gasteiger partial charge in [0, 0.05) is 6.54 Å². The van der Waals surface area contributed by atoms with Gasteiger partial charge in [0.05, 0.1) is 25.7 Å². The standard InChI is InChI=1S/C27H28N4O5/c1-2-3-12-30-25-24(29(18-28-25)16-23-9-6-13-35-23)26(33)31(27(30)34)15-21(32)17-36-22-11-10-19-7-4-5-8-20(19)14-22/h4-11,13-14,18,21,32H,2-3,12,15-17H2,1H3. The molecule has 9 heteroatoms. The van der Waals surface area contributed by atoms with Gasteiger partial charge in [-0.3, -0.25) is 13.9 Å². The van der Waals surface area contributed by atoms with Gasteiger partial charge in [0.2, 0.25) is 0 Å². The SMILES string of the molecule is CCCCn1c(=O)n(CC(O)COc2ccc3ccccc3c2)c(=O)c2c1ncn2Cc1ccco1. The third-order valence-electron chi connectivity index (χ3n) is 6.18. The highest BCUT2D eigenvalue weighted by Gasteiger charge is 2.20. The lowest BCUT2D eigenvalue weighted by Gasteiger charge is -2.16. The molecular weight excluding hydrogens is 460 g/mol. The average molecular weight is 489 g/mol. The second kappa shape index (κ2) is 10.2. The van der Waals surface area contributed by atoms with Crippen LogP contribution in [0, 0.1) is 0 Å². The Labute approximate surface area is 206 Å². The Hall–Kier alpha value is -4.11. The summed E-state index contributed by atoms with van der Waals surface area (Å²) in [4.78, 5) is 31.1. The van der Waals surface area contributed by atoms with Crippen LogP contribution in [0.3, 0.4) is 0 Å². The summed E-state index contributed by atoms with van der Waals surface area (Å²) in [6, 6.07) is 17.2. The summed E-state index contributed by atoms with van der Waals surface area (Å²) >= 11 is 0. The minimum atomic E-state index is -1.07. The molecule has 0 amide bonds. The number of rotatable bonds is 10. The molecule has 0 spiro atoms. The smallest absolute Gasteiger partial charge is 0.332 e. The topological polar surface area (TPSA) is 104 Å². The number of hydrogen-bond donors (Lipinski definition) is 1. The van der Waals surface area contributed by atoms with Crippen LogP contribution in [0.25, 0.3) is 21.9 Å². The molecule has 1 unspecified atom stereocenters. The van der Waals surface area contributed by atoms with E-state index in [1.165, 1.54) is 4.57 Å². The highest BCUT2D eigenvalue weighted by atomic mass is 16.5. The first kappa shape index (κ1) is 23.6. The van der Waals surface area contributed by atoms with E-state index in [9.17, 15) is 14.7 Å². The van der Waals surface area contributed by atoms with Gasteiger partial charge in [0.1, 0.15) is 24.2 Å². The average Bonchev–Trinajstić information content (AvgIpc) is 3.56. The van der Waals surface area contributed by atoms with Gasteiger partial charge in [-0.05, 0) is 41.5 Å². The molecule has 9 nitrogen and oxygen atoms in total. The van der Waals surface area contributed by atoms with Crippen molar-refractivity contribution >= 4 is 21.9 Å². The monoisotopic (exact) mass is 488 g/mol. The predicted molar refractivity (Wildman–Crippen MR) is 136 cm³/mol. The largest absolute Gasteiger partial charge is 0.491 e. The van der Waals surface area contributed by atoms with Gasteiger partial charge in [0.25, 0.3) is 5.56 Å². The maximum atomic E-state index is 13.4. The number of imidazole rings is 1. The van der Waals surface area contributed by atoms with Gasteiger partial charge >= 0.3 is 5.69 Å². The molecule has 2 aromatic carbocycles. The van der Waals surface area contributed by atoms with Crippen molar-refractivity contribution in [2.45, 2.75) is 45.5 Å². The number of aliphatic hydroxyl groups is 1. The summed E-state index contributed by atoms with van der Waals surface area (Å²) in [5.41, 5.74) is -0.363. The normalized spacial score (nSPS) is 12.4. The number of ether oxygens (including phenoxy) is 1. The number of hydrogen-bond acceptors (Lipinski definition) is 6. The lowest BCUT2D eigenvalue weighted by atomic mass is 10.1. The molecule has 36 heavy (non-hydrogen) atoms.